The molecule has 4 aromatic carbocycles. The lowest BCUT2D eigenvalue weighted by atomic mass is 10.0. The molecule has 0 aliphatic carbocycles. The lowest BCUT2D eigenvalue weighted by Gasteiger charge is -2.16. The highest BCUT2D eigenvalue weighted by Crippen LogP contribution is 2.49. The highest BCUT2D eigenvalue weighted by atomic mass is 32.2. The van der Waals surface area contributed by atoms with Crippen LogP contribution in [0.5, 0.6) is 0 Å². The Bertz CT molecular complexity index is 3590. The first-order valence-electron chi connectivity index (χ1n) is 19.1. The molecule has 0 unspecified atom stereocenters. The number of thiophene rings is 1. The van der Waals surface area contributed by atoms with E-state index in [2.05, 4.69) is 58.6 Å². The molecule has 25 heteroatoms. The average Bonchev–Trinajstić information content (AvgIpc) is 3.88. The second-order valence-corrected chi connectivity index (χ2v) is 17.8. The molecule has 0 saturated heterocycles. The molecule has 0 spiro atoms. The van der Waals surface area contributed by atoms with Crippen LogP contribution in [0.25, 0.3) is 16.8 Å². The Balaban J connectivity index is 1.38. The zero-order valence-corrected chi connectivity index (χ0v) is 37.3. The monoisotopic (exact) mass is 967 g/mol. The van der Waals surface area contributed by atoms with Gasteiger partial charge in [0.1, 0.15) is 40.0 Å². The van der Waals surface area contributed by atoms with Crippen molar-refractivity contribution in [3.05, 3.63) is 131 Å². The summed E-state index contributed by atoms with van der Waals surface area (Å²) in [4.78, 5) is 27.3. The number of pyridine rings is 1. The number of carboxylic acid groups (broad SMARTS) is 1. The Hall–Kier alpha value is -9.03. The average molecular weight is 968 g/mol. The Morgan fingerprint density at radius 1 is 0.721 bits per heavy atom. The standard InChI is InChI=1S/C43H29N13O9S3/c1-23-34(20-45)38(49-29-10-14-32(15-11-29)67(60,61)62)51-39(50-30-12-16-33(17-13-30)68(63,64)65)37(23)52-54-41-35(21-46)36(25-6-8-28(9-7-25)48-24(2)57)42(66-41)55-53-40-27(19-44)22-47-56(40)31-5-3-4-26(18-31)43(58)59/h3-18,22H,1-2H3,(H,48,57)(H,58,59)(H2,49,50,51)(H,60,61,62)(H,63,64,65)/b54-52?,55-53-. The van der Waals surface area contributed by atoms with Crippen LogP contribution in [0, 0.1) is 40.9 Å². The Morgan fingerprint density at radius 2 is 1.29 bits per heavy atom. The summed E-state index contributed by atoms with van der Waals surface area (Å²) in [5.41, 5.74) is 1.80. The fraction of sp³-hybridized carbons (Fsp3) is 0.0465. The van der Waals surface area contributed by atoms with Gasteiger partial charge >= 0.3 is 5.97 Å². The van der Waals surface area contributed by atoms with Crippen LogP contribution in [-0.2, 0) is 25.0 Å². The summed E-state index contributed by atoms with van der Waals surface area (Å²) in [5.74, 6) is -1.71. The lowest BCUT2D eigenvalue weighted by Crippen LogP contribution is -2.05. The molecule has 68 heavy (non-hydrogen) atoms. The number of hydrogen-bond acceptors (Lipinski definition) is 18. The first-order chi connectivity index (χ1) is 32.4. The Morgan fingerprint density at radius 3 is 1.84 bits per heavy atom. The van der Waals surface area contributed by atoms with E-state index in [1.54, 1.807) is 30.3 Å². The minimum absolute atomic E-state index is 0.0203. The van der Waals surface area contributed by atoms with E-state index in [0.29, 0.717) is 11.3 Å². The maximum atomic E-state index is 11.8. The SMILES string of the molecule is CC(=O)Nc1ccc(-c2c(/N=N\c3c(C#N)cnn3-c3cccc(C(=O)O)c3)sc(N=Nc3c(Nc4ccc(S(=O)(=O)O)cc4)nc(Nc4ccc(S(=O)(=O)O)cc4)c(C#N)c3C)c2C#N)cc1. The molecule has 0 aliphatic heterocycles. The summed E-state index contributed by atoms with van der Waals surface area (Å²) in [6.07, 6.45) is 1.22. The van der Waals surface area contributed by atoms with Crippen molar-refractivity contribution >= 4 is 93.7 Å². The summed E-state index contributed by atoms with van der Waals surface area (Å²) in [7, 11) is -9.07. The van der Waals surface area contributed by atoms with Gasteiger partial charge in [-0.1, -0.05) is 29.5 Å². The fourth-order valence-electron chi connectivity index (χ4n) is 6.33. The van der Waals surface area contributed by atoms with Crippen LogP contribution in [-0.4, -0.2) is 57.7 Å². The van der Waals surface area contributed by atoms with Crippen LogP contribution in [0.2, 0.25) is 0 Å². The van der Waals surface area contributed by atoms with Crippen molar-refractivity contribution in [1.82, 2.24) is 14.8 Å². The highest BCUT2D eigenvalue weighted by Gasteiger charge is 2.24. The van der Waals surface area contributed by atoms with Gasteiger partial charge in [0.05, 0.1) is 32.8 Å². The third-order valence-corrected chi connectivity index (χ3v) is 12.2. The van der Waals surface area contributed by atoms with Crippen LogP contribution in [0.1, 0.15) is 39.5 Å². The third-order valence-electron chi connectivity index (χ3n) is 9.51. The van der Waals surface area contributed by atoms with Crippen molar-refractivity contribution in [2.45, 2.75) is 23.6 Å². The van der Waals surface area contributed by atoms with E-state index in [0.717, 1.165) is 35.6 Å². The van der Waals surface area contributed by atoms with Gasteiger partial charge < -0.3 is 21.1 Å². The molecule has 0 fully saturated rings. The van der Waals surface area contributed by atoms with Crippen LogP contribution in [0.15, 0.2) is 134 Å². The predicted octanol–water partition coefficient (Wildman–Crippen LogP) is 9.39. The molecular weight excluding hydrogens is 939 g/mol. The first-order valence-corrected chi connectivity index (χ1v) is 22.8. The molecule has 3 heterocycles. The molecule has 7 aromatic rings. The van der Waals surface area contributed by atoms with Crippen molar-refractivity contribution in [3.63, 3.8) is 0 Å². The Kier molecular flexibility index (Phi) is 13.3. The van der Waals surface area contributed by atoms with Crippen LogP contribution >= 0.6 is 11.3 Å². The Labute approximate surface area is 389 Å². The number of carbonyl (C=O) groups excluding carboxylic acids is 1. The van der Waals surface area contributed by atoms with Crippen molar-refractivity contribution in [3.8, 4) is 35.0 Å². The number of nitrogens with zero attached hydrogens (tertiary/aromatic N) is 10. The summed E-state index contributed by atoms with van der Waals surface area (Å²) in [6.45, 7) is 2.86. The molecule has 338 valence electrons. The number of anilines is 5. The number of nitriles is 3. The number of rotatable bonds is 14. The first kappa shape index (κ1) is 46.9. The molecule has 0 atom stereocenters. The van der Waals surface area contributed by atoms with E-state index in [4.69, 9.17) is 0 Å². The number of carbonyl (C=O) groups is 2. The van der Waals surface area contributed by atoms with Gasteiger partial charge in [0.15, 0.2) is 22.5 Å². The topological polar surface area (TPSA) is 351 Å². The number of hydrogen-bond donors (Lipinski definition) is 6. The van der Waals surface area contributed by atoms with Crippen molar-refractivity contribution in [2.75, 3.05) is 16.0 Å². The third kappa shape index (κ3) is 10.2. The number of aromatic carboxylic acids is 1. The minimum Gasteiger partial charge on any atom is -0.478 e. The maximum absolute atomic E-state index is 11.8. The van der Waals surface area contributed by atoms with E-state index in [9.17, 15) is 56.4 Å². The molecular formula is C43H29N13O9S3. The van der Waals surface area contributed by atoms with Gasteiger partial charge in [0.2, 0.25) is 5.91 Å². The molecule has 3 aromatic heterocycles. The smallest absolute Gasteiger partial charge is 0.335 e. The molecule has 7 rings (SSSR count). The lowest BCUT2D eigenvalue weighted by molar-refractivity contribution is -0.114. The zero-order valence-electron chi connectivity index (χ0n) is 34.8. The summed E-state index contributed by atoms with van der Waals surface area (Å²) in [6, 6.07) is 28.1. The quantitative estimate of drug-likeness (QED) is 0.0436. The molecule has 0 saturated carbocycles. The van der Waals surface area contributed by atoms with E-state index < -0.39 is 31.1 Å². The van der Waals surface area contributed by atoms with Crippen LogP contribution in [0.3, 0.4) is 0 Å². The molecule has 0 aliphatic rings. The largest absolute Gasteiger partial charge is 0.478 e. The van der Waals surface area contributed by atoms with Gasteiger partial charge in [-0.2, -0.15) is 37.7 Å². The number of azo groups is 2. The van der Waals surface area contributed by atoms with Gasteiger partial charge in [-0.15, -0.1) is 20.5 Å². The fourth-order valence-corrected chi connectivity index (χ4v) is 8.21. The molecule has 0 radical (unpaired) electrons. The zero-order chi connectivity index (χ0) is 48.9. The second kappa shape index (κ2) is 19.2. The van der Waals surface area contributed by atoms with Gasteiger partial charge in [-0.25, -0.2) is 14.5 Å². The number of aromatic nitrogens is 3. The normalized spacial score (nSPS) is 11.5. The van der Waals surface area contributed by atoms with Gasteiger partial charge in [0, 0.05) is 35.1 Å². The molecule has 0 bridgehead atoms. The van der Waals surface area contributed by atoms with E-state index in [1.165, 1.54) is 67.2 Å². The van der Waals surface area contributed by atoms with E-state index in [1.807, 2.05) is 6.07 Å². The van der Waals surface area contributed by atoms with Crippen molar-refractivity contribution in [1.29, 1.82) is 15.8 Å². The summed E-state index contributed by atoms with van der Waals surface area (Å²) < 4.78 is 67.0. The predicted molar refractivity (Wildman–Crippen MR) is 245 cm³/mol. The molecule has 6 N–H and O–H groups in total. The molecule has 22 nitrogen and oxygen atoms in total. The van der Waals surface area contributed by atoms with Gasteiger partial charge in [-0.3, -0.25) is 13.9 Å². The van der Waals surface area contributed by atoms with Gasteiger partial charge in [-0.05, 0) is 91.3 Å². The summed E-state index contributed by atoms with van der Waals surface area (Å²) >= 11 is 0.858. The van der Waals surface area contributed by atoms with E-state index in [-0.39, 0.29) is 94.4 Å². The number of benzene rings is 4. The number of carboxylic acids is 1. The second-order valence-electron chi connectivity index (χ2n) is 14.0. The highest BCUT2D eigenvalue weighted by molar-refractivity contribution is 7.86. The van der Waals surface area contributed by atoms with Crippen LogP contribution < -0.4 is 16.0 Å². The maximum Gasteiger partial charge on any atom is 0.335 e. The minimum atomic E-state index is -4.56. The van der Waals surface area contributed by atoms with Crippen molar-refractivity contribution in [2.24, 2.45) is 20.5 Å². The van der Waals surface area contributed by atoms with Crippen LogP contribution in [0.4, 0.5) is 50.2 Å². The number of nitrogens with one attached hydrogen (secondary N) is 3. The van der Waals surface area contributed by atoms with E-state index >= 15 is 0 Å². The molecule has 1 amide bonds. The number of amides is 1. The van der Waals surface area contributed by atoms with Crippen molar-refractivity contribution < 1.29 is 40.6 Å². The van der Waals surface area contributed by atoms with Gasteiger partial charge in [0.25, 0.3) is 20.2 Å². The summed E-state index contributed by atoms with van der Waals surface area (Å²) in [5, 5.41) is 71.3.